The van der Waals surface area contributed by atoms with Crippen molar-refractivity contribution in [3.8, 4) is 0 Å². The van der Waals surface area contributed by atoms with Gasteiger partial charge in [-0.25, -0.2) is 0 Å². The van der Waals surface area contributed by atoms with E-state index in [9.17, 15) is 0 Å². The molecule has 2 N–H and O–H groups in total. The second kappa shape index (κ2) is 6.06. The lowest BCUT2D eigenvalue weighted by Crippen LogP contribution is -2.31. The summed E-state index contributed by atoms with van der Waals surface area (Å²) in [7, 11) is 2.12. The van der Waals surface area contributed by atoms with E-state index in [0.717, 1.165) is 19.4 Å². The van der Waals surface area contributed by atoms with Crippen LogP contribution >= 0.6 is 0 Å². The third-order valence-electron chi connectivity index (χ3n) is 2.91. The van der Waals surface area contributed by atoms with Gasteiger partial charge in [-0.1, -0.05) is 39.0 Å². The predicted octanol–water partition coefficient (Wildman–Crippen LogP) is 3.28. The monoisotopic (exact) mass is 234 g/mol. The second-order valence-corrected chi connectivity index (χ2v) is 6.07. The van der Waals surface area contributed by atoms with E-state index in [-0.39, 0.29) is 0 Å². The van der Waals surface area contributed by atoms with Crippen molar-refractivity contribution in [2.45, 2.75) is 39.7 Å². The summed E-state index contributed by atoms with van der Waals surface area (Å²) < 4.78 is 0. The van der Waals surface area contributed by atoms with Gasteiger partial charge in [-0.15, -0.1) is 0 Å². The van der Waals surface area contributed by atoms with E-state index in [2.05, 4.69) is 57.0 Å². The summed E-state index contributed by atoms with van der Waals surface area (Å²) >= 11 is 0. The molecule has 2 nitrogen and oxygen atoms in total. The molecule has 1 rings (SSSR count). The average Bonchev–Trinajstić information content (AvgIpc) is 2.25. The summed E-state index contributed by atoms with van der Waals surface area (Å²) in [6.45, 7) is 7.75. The lowest BCUT2D eigenvalue weighted by molar-refractivity contribution is 0.332. The second-order valence-electron chi connectivity index (χ2n) is 6.07. The summed E-state index contributed by atoms with van der Waals surface area (Å²) in [5.41, 5.74) is 7.74. The Balaban J connectivity index is 2.36. The van der Waals surface area contributed by atoms with Gasteiger partial charge in [-0.05, 0) is 30.4 Å². The minimum Gasteiger partial charge on any atom is -0.375 e. The first kappa shape index (κ1) is 14.0. The Hall–Kier alpha value is -1.02. The van der Waals surface area contributed by atoms with Crippen molar-refractivity contribution in [2.24, 2.45) is 11.1 Å². The normalized spacial score (nSPS) is 13.5. The fourth-order valence-corrected chi connectivity index (χ4v) is 2.06. The highest BCUT2D eigenvalue weighted by Gasteiger charge is 2.15. The van der Waals surface area contributed by atoms with Crippen molar-refractivity contribution in [3.05, 3.63) is 30.3 Å². The Morgan fingerprint density at radius 1 is 1.18 bits per heavy atom. The highest BCUT2D eigenvalue weighted by Crippen LogP contribution is 2.21. The van der Waals surface area contributed by atoms with E-state index in [4.69, 9.17) is 5.73 Å². The van der Waals surface area contributed by atoms with Crippen LogP contribution in [0.3, 0.4) is 0 Å². The van der Waals surface area contributed by atoms with Gasteiger partial charge >= 0.3 is 0 Å². The first-order valence-corrected chi connectivity index (χ1v) is 6.40. The molecule has 0 aliphatic carbocycles. The van der Waals surface area contributed by atoms with Crippen LogP contribution in [0.15, 0.2) is 30.3 Å². The number of hydrogen-bond donors (Lipinski definition) is 1. The highest BCUT2D eigenvalue weighted by molar-refractivity contribution is 5.44. The van der Waals surface area contributed by atoms with Crippen LogP contribution in [0.1, 0.15) is 33.6 Å². The molecule has 96 valence electrons. The summed E-state index contributed by atoms with van der Waals surface area (Å²) in [5, 5.41) is 0. The third kappa shape index (κ3) is 5.73. The van der Waals surface area contributed by atoms with Gasteiger partial charge in [0.1, 0.15) is 0 Å². The SMILES string of the molecule is CN(CCC(N)CC(C)(C)C)c1ccccc1. The minimum atomic E-state index is 0.293. The molecule has 1 aromatic carbocycles. The predicted molar refractivity (Wildman–Crippen MR) is 76.4 cm³/mol. The van der Waals surface area contributed by atoms with Gasteiger partial charge in [0.05, 0.1) is 0 Å². The fourth-order valence-electron chi connectivity index (χ4n) is 2.06. The maximum Gasteiger partial charge on any atom is 0.0363 e. The fraction of sp³-hybridized carbons (Fsp3) is 0.600. The maximum absolute atomic E-state index is 6.16. The molecular weight excluding hydrogens is 208 g/mol. The van der Waals surface area contributed by atoms with Crippen molar-refractivity contribution in [2.75, 3.05) is 18.5 Å². The molecule has 0 aliphatic rings. The number of para-hydroxylation sites is 1. The van der Waals surface area contributed by atoms with Crippen molar-refractivity contribution in [3.63, 3.8) is 0 Å². The van der Waals surface area contributed by atoms with E-state index in [1.165, 1.54) is 5.69 Å². The van der Waals surface area contributed by atoms with Crippen molar-refractivity contribution >= 4 is 5.69 Å². The van der Waals surface area contributed by atoms with E-state index < -0.39 is 0 Å². The highest BCUT2D eigenvalue weighted by atomic mass is 15.1. The molecule has 0 heterocycles. The molecule has 1 unspecified atom stereocenters. The van der Waals surface area contributed by atoms with E-state index in [0.29, 0.717) is 11.5 Å². The molecule has 0 bridgehead atoms. The molecule has 0 fully saturated rings. The number of benzene rings is 1. The molecule has 0 amide bonds. The van der Waals surface area contributed by atoms with Gasteiger partial charge in [-0.2, -0.15) is 0 Å². The minimum absolute atomic E-state index is 0.293. The number of nitrogens with two attached hydrogens (primary N) is 1. The lowest BCUT2D eigenvalue weighted by Gasteiger charge is -2.26. The third-order valence-corrected chi connectivity index (χ3v) is 2.91. The molecule has 0 aromatic heterocycles. The first-order chi connectivity index (χ1) is 7.88. The van der Waals surface area contributed by atoms with Crippen molar-refractivity contribution < 1.29 is 0 Å². The summed E-state index contributed by atoms with van der Waals surface area (Å²) in [6, 6.07) is 10.7. The van der Waals surface area contributed by atoms with Crippen LogP contribution in [0, 0.1) is 5.41 Å². The zero-order valence-corrected chi connectivity index (χ0v) is 11.6. The molecule has 17 heavy (non-hydrogen) atoms. The Kier molecular flexibility index (Phi) is 5.01. The molecule has 0 radical (unpaired) electrons. The zero-order valence-electron chi connectivity index (χ0n) is 11.6. The Morgan fingerprint density at radius 2 is 1.76 bits per heavy atom. The van der Waals surface area contributed by atoms with Gasteiger partial charge in [0.15, 0.2) is 0 Å². The molecular formula is C15H26N2. The Labute approximate surface area is 106 Å². The quantitative estimate of drug-likeness (QED) is 0.847. The summed E-state index contributed by atoms with van der Waals surface area (Å²) in [6.07, 6.45) is 2.12. The van der Waals surface area contributed by atoms with Crippen LogP contribution in [0.4, 0.5) is 5.69 Å². The molecule has 0 aliphatic heterocycles. The van der Waals surface area contributed by atoms with Crippen LogP contribution in [0.2, 0.25) is 0 Å². The zero-order chi connectivity index (χ0) is 12.9. The number of nitrogens with zero attached hydrogens (tertiary/aromatic N) is 1. The maximum atomic E-state index is 6.16. The van der Waals surface area contributed by atoms with Crippen LogP contribution in [-0.2, 0) is 0 Å². The van der Waals surface area contributed by atoms with Crippen molar-refractivity contribution in [1.82, 2.24) is 0 Å². The topological polar surface area (TPSA) is 29.3 Å². The largest absolute Gasteiger partial charge is 0.375 e. The number of hydrogen-bond acceptors (Lipinski definition) is 2. The molecule has 0 saturated carbocycles. The molecule has 2 heteroatoms. The molecule has 1 aromatic rings. The average molecular weight is 234 g/mol. The van der Waals surface area contributed by atoms with E-state index in [1.807, 2.05) is 6.07 Å². The standard InChI is InChI=1S/C15H26N2/c1-15(2,3)12-13(16)10-11-17(4)14-8-6-5-7-9-14/h5-9,13H,10-12,16H2,1-4H3. The number of rotatable bonds is 5. The van der Waals surface area contributed by atoms with Gasteiger partial charge in [0, 0.05) is 25.3 Å². The van der Waals surface area contributed by atoms with Gasteiger partial charge in [-0.3, -0.25) is 0 Å². The lowest BCUT2D eigenvalue weighted by atomic mass is 9.87. The molecule has 0 spiro atoms. The van der Waals surface area contributed by atoms with Gasteiger partial charge in [0.25, 0.3) is 0 Å². The molecule has 1 atom stereocenters. The van der Waals surface area contributed by atoms with Crippen LogP contribution in [-0.4, -0.2) is 19.6 Å². The van der Waals surface area contributed by atoms with E-state index in [1.54, 1.807) is 0 Å². The van der Waals surface area contributed by atoms with Crippen LogP contribution < -0.4 is 10.6 Å². The van der Waals surface area contributed by atoms with Crippen LogP contribution in [0.5, 0.6) is 0 Å². The van der Waals surface area contributed by atoms with Crippen LogP contribution in [0.25, 0.3) is 0 Å². The van der Waals surface area contributed by atoms with E-state index >= 15 is 0 Å². The first-order valence-electron chi connectivity index (χ1n) is 6.40. The summed E-state index contributed by atoms with van der Waals surface area (Å²) in [4.78, 5) is 2.27. The van der Waals surface area contributed by atoms with Gasteiger partial charge in [0.2, 0.25) is 0 Å². The Bertz CT molecular complexity index is 313. The summed E-state index contributed by atoms with van der Waals surface area (Å²) in [5.74, 6) is 0. The van der Waals surface area contributed by atoms with Gasteiger partial charge < -0.3 is 10.6 Å². The number of anilines is 1. The Morgan fingerprint density at radius 3 is 2.29 bits per heavy atom. The smallest absolute Gasteiger partial charge is 0.0363 e. The molecule has 0 saturated heterocycles. The van der Waals surface area contributed by atoms with Crippen molar-refractivity contribution in [1.29, 1.82) is 0 Å².